The monoisotopic (exact) mass is 575 g/mol. The molecule has 2 fully saturated rings. The molecule has 8 heteroatoms. The molecule has 6 nitrogen and oxygen atoms in total. The van der Waals surface area contributed by atoms with Gasteiger partial charge in [0.1, 0.15) is 5.65 Å². The molecule has 0 amide bonds. The van der Waals surface area contributed by atoms with E-state index in [4.69, 9.17) is 17.3 Å². The molecule has 3 heterocycles. The zero-order valence-corrected chi connectivity index (χ0v) is 24.4. The first kappa shape index (κ1) is 28.1. The van der Waals surface area contributed by atoms with Crippen LogP contribution in [-0.2, 0) is 6.42 Å². The van der Waals surface area contributed by atoms with Crippen molar-refractivity contribution >= 4 is 22.6 Å². The first-order valence-electron chi connectivity index (χ1n) is 15.1. The van der Waals surface area contributed by atoms with E-state index in [-0.39, 0.29) is 11.1 Å². The van der Waals surface area contributed by atoms with Crippen molar-refractivity contribution in [3.05, 3.63) is 81.1 Å². The SMILES string of the molecule is C[C@H](N)CCCc1cc(Cl)c(F)c(-c2cc3cn(-c4ccc([C@@H]5CCC[C@@H](CCC6CC6)N5)cc4)c(=O)nc3[nH]2)c1. The Kier molecular flexibility index (Phi) is 8.29. The average molecular weight is 576 g/mol. The Morgan fingerprint density at radius 1 is 1.12 bits per heavy atom. The number of nitrogens with one attached hydrogen (secondary N) is 2. The molecule has 1 saturated heterocycles. The molecule has 1 aliphatic heterocycles. The molecular weight excluding hydrogens is 537 g/mol. The number of piperidine rings is 1. The van der Waals surface area contributed by atoms with Crippen molar-refractivity contribution in [2.75, 3.05) is 0 Å². The summed E-state index contributed by atoms with van der Waals surface area (Å²) in [5.74, 6) is 0.473. The number of aryl methyl sites for hydroxylation is 1. The minimum atomic E-state index is -0.494. The Hall–Kier alpha value is -3.00. The number of aromatic nitrogens is 3. The van der Waals surface area contributed by atoms with Crippen LogP contribution in [0.5, 0.6) is 0 Å². The summed E-state index contributed by atoms with van der Waals surface area (Å²) in [6, 6.07) is 14.6. The summed E-state index contributed by atoms with van der Waals surface area (Å²) >= 11 is 6.26. The van der Waals surface area contributed by atoms with Crippen molar-refractivity contribution < 1.29 is 4.39 Å². The van der Waals surface area contributed by atoms with E-state index in [0.717, 1.165) is 42.9 Å². The Morgan fingerprint density at radius 3 is 2.68 bits per heavy atom. The summed E-state index contributed by atoms with van der Waals surface area (Å²) in [7, 11) is 0. The van der Waals surface area contributed by atoms with Crippen molar-refractivity contribution in [1.29, 1.82) is 0 Å². The van der Waals surface area contributed by atoms with Crippen LogP contribution in [0.1, 0.15) is 81.9 Å². The van der Waals surface area contributed by atoms with E-state index in [2.05, 4.69) is 27.4 Å². The average Bonchev–Trinajstić information content (AvgIpc) is 3.71. The Morgan fingerprint density at radius 2 is 1.93 bits per heavy atom. The zero-order valence-electron chi connectivity index (χ0n) is 23.6. The normalized spacial score (nSPS) is 20.0. The number of nitrogens with zero attached hydrogens (tertiary/aromatic N) is 2. The third-order valence-corrected chi connectivity index (χ3v) is 8.96. The summed E-state index contributed by atoms with van der Waals surface area (Å²) in [5, 5.41) is 4.66. The van der Waals surface area contributed by atoms with Crippen molar-refractivity contribution in [3.63, 3.8) is 0 Å². The van der Waals surface area contributed by atoms with Gasteiger partial charge < -0.3 is 16.0 Å². The quantitative estimate of drug-likeness (QED) is 0.186. The maximum absolute atomic E-state index is 15.1. The first-order valence-corrected chi connectivity index (χ1v) is 15.4. The molecule has 0 bridgehead atoms. The zero-order chi connectivity index (χ0) is 28.5. The van der Waals surface area contributed by atoms with Gasteiger partial charge in [-0.2, -0.15) is 4.98 Å². The van der Waals surface area contributed by atoms with Crippen LogP contribution in [0, 0.1) is 11.7 Å². The van der Waals surface area contributed by atoms with Gasteiger partial charge in [-0.05, 0) is 99.2 Å². The topological polar surface area (TPSA) is 88.7 Å². The van der Waals surface area contributed by atoms with Crippen molar-refractivity contribution in [2.45, 2.75) is 89.3 Å². The van der Waals surface area contributed by atoms with Crippen LogP contribution in [0.2, 0.25) is 5.02 Å². The fourth-order valence-corrected chi connectivity index (χ4v) is 6.40. The van der Waals surface area contributed by atoms with E-state index in [1.165, 1.54) is 44.1 Å². The van der Waals surface area contributed by atoms with E-state index in [9.17, 15) is 4.79 Å². The molecular formula is C33H39ClFN5O. The van der Waals surface area contributed by atoms with Crippen LogP contribution >= 0.6 is 11.6 Å². The van der Waals surface area contributed by atoms with Crippen molar-refractivity contribution in [3.8, 4) is 16.9 Å². The molecule has 3 atom stereocenters. The largest absolute Gasteiger partial charge is 0.354 e. The maximum Gasteiger partial charge on any atom is 0.354 e. The second kappa shape index (κ2) is 12.1. The number of nitrogens with two attached hydrogens (primary N) is 1. The van der Waals surface area contributed by atoms with E-state index in [0.29, 0.717) is 34.4 Å². The highest BCUT2D eigenvalue weighted by atomic mass is 35.5. The number of hydrogen-bond donors (Lipinski definition) is 3. The van der Waals surface area contributed by atoms with Gasteiger partial charge in [0, 0.05) is 35.3 Å². The molecule has 0 spiro atoms. The van der Waals surface area contributed by atoms with Gasteiger partial charge in [0.15, 0.2) is 5.82 Å². The van der Waals surface area contributed by atoms with Crippen LogP contribution in [0.4, 0.5) is 4.39 Å². The van der Waals surface area contributed by atoms with Crippen LogP contribution in [0.15, 0.2) is 53.5 Å². The lowest BCUT2D eigenvalue weighted by Gasteiger charge is -2.31. The molecule has 2 aliphatic rings. The summed E-state index contributed by atoms with van der Waals surface area (Å²) in [6.07, 6.45) is 13.4. The molecule has 4 N–H and O–H groups in total. The third kappa shape index (κ3) is 6.58. The summed E-state index contributed by atoms with van der Waals surface area (Å²) in [5.41, 5.74) is 9.76. The summed E-state index contributed by atoms with van der Waals surface area (Å²) in [6.45, 7) is 1.98. The smallest absolute Gasteiger partial charge is 0.339 e. The van der Waals surface area contributed by atoms with Gasteiger partial charge in [-0.1, -0.05) is 43.0 Å². The molecule has 2 aromatic carbocycles. The van der Waals surface area contributed by atoms with E-state index < -0.39 is 11.5 Å². The highest BCUT2D eigenvalue weighted by Crippen LogP contribution is 2.36. The first-order chi connectivity index (χ1) is 19.8. The number of benzene rings is 2. The lowest BCUT2D eigenvalue weighted by Crippen LogP contribution is -2.36. The maximum atomic E-state index is 15.1. The second-order valence-corrected chi connectivity index (χ2v) is 12.6. The van der Waals surface area contributed by atoms with Crippen LogP contribution in [-0.4, -0.2) is 26.6 Å². The number of aromatic amines is 1. The molecule has 1 saturated carbocycles. The van der Waals surface area contributed by atoms with Gasteiger partial charge in [-0.25, -0.2) is 9.18 Å². The minimum Gasteiger partial charge on any atom is -0.339 e. The molecule has 4 aromatic rings. The van der Waals surface area contributed by atoms with E-state index >= 15 is 4.39 Å². The Bertz CT molecular complexity index is 1570. The third-order valence-electron chi connectivity index (χ3n) is 8.69. The lowest BCUT2D eigenvalue weighted by atomic mass is 9.91. The highest BCUT2D eigenvalue weighted by Gasteiger charge is 2.26. The second-order valence-electron chi connectivity index (χ2n) is 12.1. The number of fused-ring (bicyclic) bond motifs is 1. The van der Waals surface area contributed by atoms with Crippen molar-refractivity contribution in [2.24, 2.45) is 11.7 Å². The number of halogens is 2. The van der Waals surface area contributed by atoms with E-state index in [1.54, 1.807) is 16.8 Å². The summed E-state index contributed by atoms with van der Waals surface area (Å²) in [4.78, 5) is 20.4. The standard InChI is InChI=1S/C33H39ClFN5O/c1-20(36)4-2-5-22-16-27(31(35)28(34)17-22)30-18-24-19-40(33(41)39-32(24)38-30)26-14-11-23(12-15-26)29-7-3-6-25(37-29)13-10-21-8-9-21/h11-12,14-21,25,29,37H,2-10,13,36H2,1H3,(H,38,39,41)/t20-,25-,29-/m0/s1. The molecule has 6 rings (SSSR count). The van der Waals surface area contributed by atoms with Crippen LogP contribution in [0.25, 0.3) is 28.0 Å². The molecule has 0 radical (unpaired) electrons. The fraction of sp³-hybridized carbons (Fsp3) is 0.455. The molecule has 2 aromatic heterocycles. The van der Waals surface area contributed by atoms with Crippen LogP contribution in [0.3, 0.4) is 0 Å². The molecule has 1 aliphatic carbocycles. The van der Waals surface area contributed by atoms with Gasteiger partial charge in [0.2, 0.25) is 0 Å². The molecule has 216 valence electrons. The Balaban J connectivity index is 1.22. The molecule has 0 unspecified atom stereocenters. The van der Waals surface area contributed by atoms with Crippen LogP contribution < -0.4 is 16.7 Å². The summed E-state index contributed by atoms with van der Waals surface area (Å²) < 4.78 is 16.6. The Labute approximate surface area is 245 Å². The predicted octanol–water partition coefficient (Wildman–Crippen LogP) is 7.22. The van der Waals surface area contributed by atoms with Gasteiger partial charge in [0.05, 0.1) is 16.4 Å². The number of hydrogen-bond acceptors (Lipinski definition) is 4. The fourth-order valence-electron chi connectivity index (χ4n) is 6.16. The van der Waals surface area contributed by atoms with Gasteiger partial charge in [0.25, 0.3) is 0 Å². The number of H-pyrrole nitrogens is 1. The molecule has 41 heavy (non-hydrogen) atoms. The van der Waals surface area contributed by atoms with Crippen molar-refractivity contribution in [1.82, 2.24) is 19.9 Å². The lowest BCUT2D eigenvalue weighted by molar-refractivity contribution is 0.304. The number of rotatable bonds is 10. The van der Waals surface area contributed by atoms with Gasteiger partial charge in [-0.15, -0.1) is 0 Å². The highest BCUT2D eigenvalue weighted by molar-refractivity contribution is 6.31. The van der Waals surface area contributed by atoms with Gasteiger partial charge in [-0.3, -0.25) is 4.57 Å². The van der Waals surface area contributed by atoms with E-state index in [1.807, 2.05) is 31.2 Å². The minimum absolute atomic E-state index is 0.0752. The van der Waals surface area contributed by atoms with Gasteiger partial charge >= 0.3 is 5.69 Å². The predicted molar refractivity (Wildman–Crippen MR) is 164 cm³/mol.